The highest BCUT2D eigenvalue weighted by atomic mass is 79.9. The monoisotopic (exact) mass is 354 g/mol. The van der Waals surface area contributed by atoms with Crippen LogP contribution >= 0.6 is 15.9 Å². The maximum absolute atomic E-state index is 13.4. The maximum atomic E-state index is 13.4. The Bertz CT molecular complexity index is 685. The molecule has 0 atom stereocenters. The van der Waals surface area contributed by atoms with Gasteiger partial charge >= 0.3 is 5.97 Å². The Morgan fingerprint density at radius 2 is 2.24 bits per heavy atom. The van der Waals surface area contributed by atoms with E-state index in [1.54, 1.807) is 10.7 Å². The number of benzene rings is 1. The molecule has 0 radical (unpaired) electrons. The minimum atomic E-state index is -1.08. The lowest BCUT2D eigenvalue weighted by molar-refractivity contribution is 0.0690. The van der Waals surface area contributed by atoms with Crippen molar-refractivity contribution in [3.8, 4) is 0 Å². The molecule has 6 nitrogen and oxygen atoms in total. The van der Waals surface area contributed by atoms with Gasteiger partial charge in [-0.1, -0.05) is 17.3 Å². The van der Waals surface area contributed by atoms with Crippen molar-refractivity contribution in [3.63, 3.8) is 0 Å². The summed E-state index contributed by atoms with van der Waals surface area (Å²) in [6.45, 7) is 2.09. The van der Waals surface area contributed by atoms with Crippen molar-refractivity contribution in [2.45, 2.75) is 12.6 Å². The number of hydrogen-bond acceptors (Lipinski definition) is 4. The SMILES string of the molecule is O=C(O)c1cn(C2CN(Cc3cccc(F)c3Br)C2)nn1. The molecule has 2 heterocycles. The van der Waals surface area contributed by atoms with E-state index in [2.05, 4.69) is 31.1 Å². The molecule has 21 heavy (non-hydrogen) atoms. The number of likely N-dealkylation sites (tertiary alicyclic amines) is 1. The average molecular weight is 355 g/mol. The molecule has 0 aliphatic carbocycles. The Labute approximate surface area is 128 Å². The second kappa shape index (κ2) is 5.53. The van der Waals surface area contributed by atoms with Gasteiger partial charge in [0.15, 0.2) is 5.69 Å². The Morgan fingerprint density at radius 1 is 1.48 bits per heavy atom. The van der Waals surface area contributed by atoms with Crippen LogP contribution in [-0.2, 0) is 6.54 Å². The van der Waals surface area contributed by atoms with Crippen LogP contribution in [0.1, 0.15) is 22.1 Å². The van der Waals surface area contributed by atoms with Gasteiger partial charge in [0, 0.05) is 19.6 Å². The summed E-state index contributed by atoms with van der Waals surface area (Å²) in [6.07, 6.45) is 1.43. The molecule has 1 aliphatic heterocycles. The van der Waals surface area contributed by atoms with Crippen molar-refractivity contribution in [2.75, 3.05) is 13.1 Å². The molecule has 8 heteroatoms. The first-order valence-electron chi connectivity index (χ1n) is 6.35. The molecule has 0 spiro atoms. The van der Waals surface area contributed by atoms with Crippen LogP contribution in [0.5, 0.6) is 0 Å². The highest BCUT2D eigenvalue weighted by Crippen LogP contribution is 2.27. The zero-order valence-electron chi connectivity index (χ0n) is 10.9. The second-order valence-electron chi connectivity index (χ2n) is 4.95. The van der Waals surface area contributed by atoms with Crippen LogP contribution in [0.2, 0.25) is 0 Å². The summed E-state index contributed by atoms with van der Waals surface area (Å²) in [7, 11) is 0. The summed E-state index contributed by atoms with van der Waals surface area (Å²) in [5.74, 6) is -1.35. The van der Waals surface area contributed by atoms with Crippen molar-refractivity contribution < 1.29 is 14.3 Å². The van der Waals surface area contributed by atoms with Gasteiger partial charge in [-0.05, 0) is 27.6 Å². The van der Waals surface area contributed by atoms with E-state index in [9.17, 15) is 9.18 Å². The van der Waals surface area contributed by atoms with Gasteiger partial charge in [0.05, 0.1) is 16.7 Å². The van der Waals surface area contributed by atoms with E-state index >= 15 is 0 Å². The lowest BCUT2D eigenvalue weighted by Crippen LogP contribution is -2.47. The third-order valence-corrected chi connectivity index (χ3v) is 4.36. The van der Waals surface area contributed by atoms with E-state index in [0.29, 0.717) is 11.0 Å². The van der Waals surface area contributed by atoms with Crippen molar-refractivity contribution in [1.82, 2.24) is 19.9 Å². The smallest absolute Gasteiger partial charge is 0.358 e. The Balaban J connectivity index is 1.60. The van der Waals surface area contributed by atoms with E-state index < -0.39 is 5.97 Å². The summed E-state index contributed by atoms with van der Waals surface area (Å²) >= 11 is 3.25. The largest absolute Gasteiger partial charge is 0.476 e. The van der Waals surface area contributed by atoms with E-state index in [4.69, 9.17) is 5.11 Å². The number of nitrogens with zero attached hydrogens (tertiary/aromatic N) is 4. The molecular formula is C13H12BrFN4O2. The Hall–Kier alpha value is -1.80. The van der Waals surface area contributed by atoms with Gasteiger partial charge in [0.1, 0.15) is 5.82 Å². The van der Waals surface area contributed by atoms with E-state index in [1.165, 1.54) is 12.3 Å². The minimum Gasteiger partial charge on any atom is -0.476 e. The van der Waals surface area contributed by atoms with Gasteiger partial charge in [-0.15, -0.1) is 5.10 Å². The summed E-state index contributed by atoms with van der Waals surface area (Å²) in [5.41, 5.74) is 0.833. The molecule has 1 aliphatic rings. The standard InChI is InChI=1S/C13H12BrFN4O2/c14-12-8(2-1-3-10(12)15)4-18-5-9(6-18)19-7-11(13(20)21)16-17-19/h1-3,7,9H,4-6H2,(H,20,21). The molecular weight excluding hydrogens is 343 g/mol. The molecule has 1 aromatic carbocycles. The number of carboxylic acids is 1. The first-order valence-corrected chi connectivity index (χ1v) is 7.14. The van der Waals surface area contributed by atoms with Crippen molar-refractivity contribution in [2.24, 2.45) is 0 Å². The van der Waals surface area contributed by atoms with Crippen LogP contribution in [0.15, 0.2) is 28.9 Å². The van der Waals surface area contributed by atoms with E-state index in [1.807, 2.05) is 6.07 Å². The molecule has 0 bridgehead atoms. The molecule has 1 saturated heterocycles. The molecule has 1 fully saturated rings. The fourth-order valence-electron chi connectivity index (χ4n) is 2.30. The highest BCUT2D eigenvalue weighted by Gasteiger charge is 2.30. The second-order valence-corrected chi connectivity index (χ2v) is 5.74. The molecule has 110 valence electrons. The molecule has 0 saturated carbocycles. The number of halogens is 2. The van der Waals surface area contributed by atoms with Gasteiger partial charge in [-0.2, -0.15) is 0 Å². The van der Waals surface area contributed by atoms with Crippen LogP contribution in [0.3, 0.4) is 0 Å². The summed E-state index contributed by atoms with van der Waals surface area (Å²) < 4.78 is 15.5. The number of hydrogen-bond donors (Lipinski definition) is 1. The summed E-state index contributed by atoms with van der Waals surface area (Å²) in [4.78, 5) is 12.9. The predicted molar refractivity (Wildman–Crippen MR) is 75.4 cm³/mol. The Morgan fingerprint density at radius 3 is 2.90 bits per heavy atom. The molecule has 3 rings (SSSR count). The molecule has 2 aromatic rings. The molecule has 0 amide bonds. The van der Waals surface area contributed by atoms with Crippen LogP contribution in [0, 0.1) is 5.82 Å². The predicted octanol–water partition coefficient (Wildman–Crippen LogP) is 1.93. The minimum absolute atomic E-state index is 0.0543. The number of carboxylic acid groups (broad SMARTS) is 1. The van der Waals surface area contributed by atoms with Gasteiger partial charge in [-0.3, -0.25) is 4.90 Å². The number of aromatic carboxylic acids is 1. The summed E-state index contributed by atoms with van der Waals surface area (Å²) in [5, 5.41) is 16.2. The quantitative estimate of drug-likeness (QED) is 0.908. The molecule has 1 N–H and O–H groups in total. The number of carbonyl (C=O) groups is 1. The highest BCUT2D eigenvalue weighted by molar-refractivity contribution is 9.10. The zero-order chi connectivity index (χ0) is 15.0. The number of aromatic nitrogens is 3. The van der Waals surface area contributed by atoms with Crippen LogP contribution in [-0.4, -0.2) is 44.1 Å². The fraction of sp³-hybridized carbons (Fsp3) is 0.308. The lowest BCUT2D eigenvalue weighted by atomic mass is 10.1. The maximum Gasteiger partial charge on any atom is 0.358 e. The molecule has 1 aromatic heterocycles. The third-order valence-electron chi connectivity index (χ3n) is 3.47. The van der Waals surface area contributed by atoms with Crippen LogP contribution in [0.25, 0.3) is 0 Å². The van der Waals surface area contributed by atoms with E-state index in [0.717, 1.165) is 18.7 Å². The summed E-state index contributed by atoms with van der Waals surface area (Å²) in [6, 6.07) is 5.08. The first-order chi connectivity index (χ1) is 10.0. The van der Waals surface area contributed by atoms with Gasteiger partial charge in [-0.25, -0.2) is 13.9 Å². The fourth-order valence-corrected chi connectivity index (χ4v) is 2.69. The van der Waals surface area contributed by atoms with Gasteiger partial charge in [0.25, 0.3) is 0 Å². The topological polar surface area (TPSA) is 71.2 Å². The van der Waals surface area contributed by atoms with Gasteiger partial charge < -0.3 is 5.11 Å². The van der Waals surface area contributed by atoms with Gasteiger partial charge in [0.2, 0.25) is 0 Å². The Kier molecular flexibility index (Phi) is 3.73. The first kappa shape index (κ1) is 14.2. The normalized spacial score (nSPS) is 15.9. The van der Waals surface area contributed by atoms with Crippen molar-refractivity contribution >= 4 is 21.9 Å². The van der Waals surface area contributed by atoms with Crippen molar-refractivity contribution in [3.05, 3.63) is 45.9 Å². The van der Waals surface area contributed by atoms with E-state index in [-0.39, 0.29) is 17.6 Å². The molecule has 0 unspecified atom stereocenters. The average Bonchev–Trinajstić information content (AvgIpc) is 2.87. The van der Waals surface area contributed by atoms with Crippen LogP contribution < -0.4 is 0 Å². The van der Waals surface area contributed by atoms with Crippen molar-refractivity contribution in [1.29, 1.82) is 0 Å². The number of rotatable bonds is 4. The van der Waals surface area contributed by atoms with Crippen LogP contribution in [0.4, 0.5) is 4.39 Å². The lowest BCUT2D eigenvalue weighted by Gasteiger charge is -2.39. The zero-order valence-corrected chi connectivity index (χ0v) is 12.5. The third kappa shape index (κ3) is 2.81.